The standard InChI is InChI=1S/C27H27N3O2/c1-2-14-30-18-19-17-25(23-11-7-16-32-23)21-9-5-12-26(21,30)27(19,22-10-3-4-13-28-22)29-24(25)20-8-6-15-31-20/h2-4,6-8,10-11,13,15-16,19,21H,1,5,9,12,14,17-18H2. The molecule has 3 aliphatic heterocycles. The van der Waals surface area contributed by atoms with Gasteiger partial charge in [0.1, 0.15) is 17.1 Å². The lowest BCUT2D eigenvalue weighted by atomic mass is 9.45. The molecule has 0 amide bonds. The molecule has 8 rings (SSSR count). The zero-order valence-electron chi connectivity index (χ0n) is 18.1. The Morgan fingerprint density at radius 2 is 2.03 bits per heavy atom. The van der Waals surface area contributed by atoms with Gasteiger partial charge in [-0.15, -0.1) is 6.58 Å². The summed E-state index contributed by atoms with van der Waals surface area (Å²) in [6.07, 6.45) is 12.0. The van der Waals surface area contributed by atoms with Gasteiger partial charge in [-0.3, -0.25) is 14.9 Å². The van der Waals surface area contributed by atoms with Crippen molar-refractivity contribution >= 4 is 5.71 Å². The van der Waals surface area contributed by atoms with Crippen molar-refractivity contribution in [1.82, 2.24) is 9.88 Å². The number of aromatic nitrogens is 1. The van der Waals surface area contributed by atoms with Gasteiger partial charge in [0.15, 0.2) is 0 Å². The van der Waals surface area contributed by atoms with Crippen molar-refractivity contribution in [1.29, 1.82) is 0 Å². The number of nitrogens with zero attached hydrogens (tertiary/aromatic N) is 3. The minimum Gasteiger partial charge on any atom is -0.468 e. The monoisotopic (exact) mass is 425 g/mol. The molecule has 4 bridgehead atoms. The minimum absolute atomic E-state index is 0.0959. The van der Waals surface area contributed by atoms with Gasteiger partial charge in [-0.2, -0.15) is 0 Å². The largest absolute Gasteiger partial charge is 0.468 e. The summed E-state index contributed by atoms with van der Waals surface area (Å²) in [6.45, 7) is 5.99. The van der Waals surface area contributed by atoms with E-state index in [2.05, 4.69) is 41.8 Å². The molecule has 2 aliphatic carbocycles. The third-order valence-corrected chi connectivity index (χ3v) is 8.88. The summed E-state index contributed by atoms with van der Waals surface area (Å²) in [5.74, 6) is 2.62. The smallest absolute Gasteiger partial charge is 0.148 e. The van der Waals surface area contributed by atoms with Crippen LogP contribution in [0.25, 0.3) is 0 Å². The van der Waals surface area contributed by atoms with Crippen LogP contribution in [0.3, 0.4) is 0 Å². The Kier molecular flexibility index (Phi) is 3.68. The average molecular weight is 426 g/mol. The van der Waals surface area contributed by atoms with Crippen LogP contribution >= 0.6 is 0 Å². The van der Waals surface area contributed by atoms with E-state index in [1.165, 1.54) is 6.42 Å². The number of hydrogen-bond acceptors (Lipinski definition) is 5. The second-order valence-corrected chi connectivity index (χ2v) is 9.83. The van der Waals surface area contributed by atoms with Gasteiger partial charge in [0, 0.05) is 25.2 Å². The van der Waals surface area contributed by atoms with Crippen LogP contribution in [0.5, 0.6) is 0 Å². The molecule has 1 spiro atoms. The van der Waals surface area contributed by atoms with Gasteiger partial charge < -0.3 is 8.83 Å². The van der Waals surface area contributed by atoms with E-state index in [0.717, 1.165) is 55.3 Å². The fourth-order valence-corrected chi connectivity index (χ4v) is 8.18. The molecule has 5 unspecified atom stereocenters. The lowest BCUT2D eigenvalue weighted by Gasteiger charge is -2.63. The molecule has 3 fully saturated rings. The zero-order valence-corrected chi connectivity index (χ0v) is 18.1. The molecule has 3 aromatic heterocycles. The Morgan fingerprint density at radius 3 is 2.78 bits per heavy atom. The van der Waals surface area contributed by atoms with Gasteiger partial charge in [-0.05, 0) is 61.6 Å². The molecule has 0 N–H and O–H groups in total. The highest BCUT2D eigenvalue weighted by molar-refractivity contribution is 6.08. The van der Waals surface area contributed by atoms with E-state index in [9.17, 15) is 0 Å². The summed E-state index contributed by atoms with van der Waals surface area (Å²) in [4.78, 5) is 13.4. The molecule has 5 aliphatic rings. The van der Waals surface area contributed by atoms with E-state index in [4.69, 9.17) is 18.8 Å². The zero-order chi connectivity index (χ0) is 21.4. The fraction of sp³-hybridized carbons (Fsp3) is 0.407. The van der Waals surface area contributed by atoms with Crippen LogP contribution in [0.1, 0.15) is 42.9 Å². The van der Waals surface area contributed by atoms with Crippen LogP contribution in [0.4, 0.5) is 0 Å². The quantitative estimate of drug-likeness (QED) is 0.542. The Labute approximate surface area is 187 Å². The number of aliphatic imine (C=N–C) groups is 1. The van der Waals surface area contributed by atoms with E-state index in [-0.39, 0.29) is 16.5 Å². The summed E-state index contributed by atoms with van der Waals surface area (Å²) < 4.78 is 12.2. The van der Waals surface area contributed by atoms with Gasteiger partial charge in [-0.25, -0.2) is 0 Å². The number of hydrogen-bond donors (Lipinski definition) is 0. The van der Waals surface area contributed by atoms with Gasteiger partial charge in [-0.1, -0.05) is 18.6 Å². The fourth-order valence-electron chi connectivity index (χ4n) is 8.18. The molecule has 0 aromatic carbocycles. The van der Waals surface area contributed by atoms with Gasteiger partial charge in [0.2, 0.25) is 0 Å². The van der Waals surface area contributed by atoms with Crippen LogP contribution in [0, 0.1) is 11.8 Å². The topological polar surface area (TPSA) is 54.8 Å². The number of pyridine rings is 1. The predicted molar refractivity (Wildman–Crippen MR) is 121 cm³/mol. The third kappa shape index (κ3) is 1.91. The molecular weight excluding hydrogens is 398 g/mol. The van der Waals surface area contributed by atoms with Crippen LogP contribution in [0.2, 0.25) is 0 Å². The van der Waals surface area contributed by atoms with Crippen molar-refractivity contribution in [3.8, 4) is 0 Å². The molecule has 1 saturated heterocycles. The first-order valence-corrected chi connectivity index (χ1v) is 11.7. The summed E-state index contributed by atoms with van der Waals surface area (Å²) >= 11 is 0. The Morgan fingerprint density at radius 1 is 1.12 bits per heavy atom. The number of likely N-dealkylation sites (tertiary alicyclic amines) is 1. The number of rotatable bonds is 5. The lowest BCUT2D eigenvalue weighted by Crippen LogP contribution is -2.72. The molecule has 32 heavy (non-hydrogen) atoms. The summed E-state index contributed by atoms with van der Waals surface area (Å²) in [7, 11) is 0. The van der Waals surface area contributed by atoms with E-state index in [1.807, 2.05) is 30.7 Å². The van der Waals surface area contributed by atoms with Crippen molar-refractivity contribution in [2.45, 2.75) is 42.2 Å². The van der Waals surface area contributed by atoms with Crippen LogP contribution in [-0.4, -0.2) is 34.2 Å². The molecule has 3 aromatic rings. The van der Waals surface area contributed by atoms with Crippen molar-refractivity contribution in [2.24, 2.45) is 16.8 Å². The molecule has 6 heterocycles. The maximum Gasteiger partial charge on any atom is 0.148 e. The second kappa shape index (κ2) is 6.32. The van der Waals surface area contributed by atoms with E-state index < -0.39 is 0 Å². The Balaban J connectivity index is 1.60. The molecule has 0 radical (unpaired) electrons. The van der Waals surface area contributed by atoms with Crippen molar-refractivity contribution in [2.75, 3.05) is 13.1 Å². The first-order valence-electron chi connectivity index (χ1n) is 11.7. The van der Waals surface area contributed by atoms with Gasteiger partial charge in [0.05, 0.1) is 34.9 Å². The predicted octanol–water partition coefficient (Wildman–Crippen LogP) is 4.96. The Bertz CT molecular complexity index is 1180. The molecule has 5 atom stereocenters. The first-order chi connectivity index (χ1) is 15.8. The van der Waals surface area contributed by atoms with Crippen molar-refractivity contribution in [3.05, 3.63) is 91.1 Å². The summed E-state index contributed by atoms with van der Waals surface area (Å²) in [6, 6.07) is 14.5. The van der Waals surface area contributed by atoms with Crippen LogP contribution in [0.15, 0.2) is 87.7 Å². The average Bonchev–Trinajstić information content (AvgIpc) is 3.63. The highest BCUT2D eigenvalue weighted by atomic mass is 16.3. The van der Waals surface area contributed by atoms with Gasteiger partial charge in [0.25, 0.3) is 0 Å². The maximum atomic E-state index is 6.21. The highest BCUT2D eigenvalue weighted by Crippen LogP contribution is 2.74. The lowest BCUT2D eigenvalue weighted by molar-refractivity contribution is -0.0288. The minimum atomic E-state index is -0.380. The van der Waals surface area contributed by atoms with E-state index in [0.29, 0.717) is 11.8 Å². The second-order valence-electron chi connectivity index (χ2n) is 9.83. The maximum absolute atomic E-state index is 6.21. The molecule has 5 nitrogen and oxygen atoms in total. The first kappa shape index (κ1) is 18.6. The van der Waals surface area contributed by atoms with E-state index in [1.54, 1.807) is 6.26 Å². The molecule has 2 saturated carbocycles. The molecule has 162 valence electrons. The summed E-state index contributed by atoms with van der Waals surface area (Å²) in [5, 5.41) is 0. The highest BCUT2D eigenvalue weighted by Gasteiger charge is 2.81. The van der Waals surface area contributed by atoms with Crippen LogP contribution < -0.4 is 0 Å². The number of furan rings is 2. The molecule has 5 heteroatoms. The molecular formula is C27H27N3O2. The van der Waals surface area contributed by atoms with Crippen LogP contribution in [-0.2, 0) is 11.0 Å². The third-order valence-electron chi connectivity index (χ3n) is 8.88. The van der Waals surface area contributed by atoms with Crippen molar-refractivity contribution < 1.29 is 8.83 Å². The SMILES string of the molecule is C=CCN1CC2CC3(c4ccco4)C(c4ccco4)=NC2(c2ccccn2)C12CCCC32. The normalized spacial score (nSPS) is 37.4. The summed E-state index contributed by atoms with van der Waals surface area (Å²) in [5.41, 5.74) is 1.38. The van der Waals surface area contributed by atoms with Gasteiger partial charge >= 0.3 is 0 Å². The van der Waals surface area contributed by atoms with Crippen molar-refractivity contribution in [3.63, 3.8) is 0 Å². The Hall–Kier alpha value is -2.92. The van der Waals surface area contributed by atoms with E-state index >= 15 is 0 Å².